The summed E-state index contributed by atoms with van der Waals surface area (Å²) in [5.41, 5.74) is -1.10. The molecule has 42 valence electrons. The number of rotatable bonds is 1. The standard InChI is InChI=1S/C5H5NO2.K/c6-3-5(1-2-5)4(7)8;/h1-2H2,(H,7,8);/q;+1/p-1. The summed E-state index contributed by atoms with van der Waals surface area (Å²) in [6.07, 6.45) is 0.928. The summed E-state index contributed by atoms with van der Waals surface area (Å²) in [5, 5.41) is 18.1. The molecule has 1 rings (SSSR count). The third kappa shape index (κ3) is 1.76. The van der Waals surface area contributed by atoms with Gasteiger partial charge in [0.25, 0.3) is 0 Å². The van der Waals surface area contributed by atoms with Crippen LogP contribution in [0.4, 0.5) is 0 Å². The fourth-order valence-electron chi connectivity index (χ4n) is 0.487. The smallest absolute Gasteiger partial charge is 0.548 e. The SMILES string of the molecule is N#CC1(C(=O)[O-])CC1.[K+]. The van der Waals surface area contributed by atoms with Crippen molar-refractivity contribution in [2.45, 2.75) is 12.8 Å². The fraction of sp³-hybridized carbons (Fsp3) is 0.600. The number of carboxylic acids is 1. The first-order valence-electron chi connectivity index (χ1n) is 2.34. The Labute approximate surface area is 95.5 Å². The van der Waals surface area contributed by atoms with Gasteiger partial charge in [-0.3, -0.25) is 0 Å². The zero-order valence-electron chi connectivity index (χ0n) is 5.18. The number of carbonyl (C=O) groups is 1. The Kier molecular flexibility index (Phi) is 3.33. The maximum absolute atomic E-state index is 9.98. The Balaban J connectivity index is 0.000000640. The van der Waals surface area contributed by atoms with Crippen LogP contribution in [0.2, 0.25) is 0 Å². The number of nitrogens with zero attached hydrogens (tertiary/aromatic N) is 1. The van der Waals surface area contributed by atoms with Crippen molar-refractivity contribution < 1.29 is 61.3 Å². The third-order valence-electron chi connectivity index (χ3n) is 1.35. The van der Waals surface area contributed by atoms with Crippen LogP contribution in [0.1, 0.15) is 12.8 Å². The number of aliphatic carboxylic acids is 1. The van der Waals surface area contributed by atoms with Crippen molar-refractivity contribution in [2.75, 3.05) is 0 Å². The Morgan fingerprint density at radius 2 is 2.11 bits per heavy atom. The number of hydrogen-bond acceptors (Lipinski definition) is 3. The summed E-state index contributed by atoms with van der Waals surface area (Å²) in [4.78, 5) is 9.98. The van der Waals surface area contributed by atoms with E-state index in [9.17, 15) is 9.90 Å². The Morgan fingerprint density at radius 1 is 1.67 bits per heavy atom. The third-order valence-corrected chi connectivity index (χ3v) is 1.35. The van der Waals surface area contributed by atoms with Crippen molar-refractivity contribution in [3.63, 3.8) is 0 Å². The van der Waals surface area contributed by atoms with Gasteiger partial charge in [-0.1, -0.05) is 0 Å². The van der Waals surface area contributed by atoms with E-state index in [2.05, 4.69) is 0 Å². The van der Waals surface area contributed by atoms with Crippen LogP contribution in [-0.4, -0.2) is 5.97 Å². The van der Waals surface area contributed by atoms with Crippen LogP contribution in [-0.2, 0) is 4.79 Å². The largest absolute Gasteiger partial charge is 1.00 e. The molecule has 0 aromatic rings. The second-order valence-electron chi connectivity index (χ2n) is 1.98. The monoisotopic (exact) mass is 149 g/mol. The van der Waals surface area contributed by atoms with Gasteiger partial charge in [0.2, 0.25) is 0 Å². The summed E-state index contributed by atoms with van der Waals surface area (Å²) < 4.78 is 0. The van der Waals surface area contributed by atoms with Gasteiger partial charge in [0.1, 0.15) is 0 Å². The van der Waals surface area contributed by atoms with E-state index in [1.54, 1.807) is 6.07 Å². The first kappa shape index (κ1) is 9.60. The van der Waals surface area contributed by atoms with Crippen molar-refractivity contribution in [3.8, 4) is 6.07 Å². The summed E-state index contributed by atoms with van der Waals surface area (Å²) in [6.45, 7) is 0. The van der Waals surface area contributed by atoms with Gasteiger partial charge in [0, 0.05) is 0 Å². The number of nitriles is 1. The molecular formula is C5H4KNO2. The van der Waals surface area contributed by atoms with E-state index in [-0.39, 0.29) is 51.4 Å². The summed E-state index contributed by atoms with van der Waals surface area (Å²) >= 11 is 0. The predicted octanol–water partition coefficient (Wildman–Crippen LogP) is -3.96. The van der Waals surface area contributed by atoms with Crippen molar-refractivity contribution in [1.82, 2.24) is 0 Å². The Morgan fingerprint density at radius 3 is 2.11 bits per heavy atom. The molecule has 1 aliphatic carbocycles. The van der Waals surface area contributed by atoms with E-state index in [1.807, 2.05) is 0 Å². The van der Waals surface area contributed by atoms with Crippen LogP contribution in [0.3, 0.4) is 0 Å². The molecule has 0 aromatic heterocycles. The zero-order valence-corrected chi connectivity index (χ0v) is 8.30. The van der Waals surface area contributed by atoms with Gasteiger partial charge in [-0.15, -0.1) is 0 Å². The zero-order chi connectivity index (χ0) is 6.20. The first-order valence-corrected chi connectivity index (χ1v) is 2.34. The van der Waals surface area contributed by atoms with Crippen LogP contribution < -0.4 is 56.5 Å². The minimum Gasteiger partial charge on any atom is -0.548 e. The van der Waals surface area contributed by atoms with E-state index in [0.717, 1.165) is 0 Å². The topological polar surface area (TPSA) is 63.9 Å². The first-order chi connectivity index (χ1) is 3.71. The summed E-state index contributed by atoms with van der Waals surface area (Å²) in [5.74, 6) is -1.22. The van der Waals surface area contributed by atoms with Gasteiger partial charge < -0.3 is 9.90 Å². The van der Waals surface area contributed by atoms with E-state index in [4.69, 9.17) is 5.26 Å². The van der Waals surface area contributed by atoms with Crippen molar-refractivity contribution in [3.05, 3.63) is 0 Å². The predicted molar refractivity (Wildman–Crippen MR) is 22.3 cm³/mol. The van der Waals surface area contributed by atoms with E-state index >= 15 is 0 Å². The van der Waals surface area contributed by atoms with Crippen molar-refractivity contribution in [2.24, 2.45) is 5.41 Å². The second-order valence-corrected chi connectivity index (χ2v) is 1.98. The average Bonchev–Trinajstić information content (AvgIpc) is 2.44. The number of carboxylic acid groups (broad SMARTS) is 1. The molecule has 3 nitrogen and oxygen atoms in total. The molecule has 1 aliphatic rings. The van der Waals surface area contributed by atoms with Crippen molar-refractivity contribution >= 4 is 5.97 Å². The molecular weight excluding hydrogens is 145 g/mol. The number of hydrogen-bond donors (Lipinski definition) is 0. The summed E-state index contributed by atoms with van der Waals surface area (Å²) in [6, 6.07) is 1.69. The van der Waals surface area contributed by atoms with E-state index in [1.165, 1.54) is 0 Å². The summed E-state index contributed by atoms with van der Waals surface area (Å²) in [7, 11) is 0. The molecule has 0 amide bonds. The molecule has 0 aromatic carbocycles. The molecule has 0 aliphatic heterocycles. The quantitative estimate of drug-likeness (QED) is 0.357. The normalized spacial score (nSPS) is 19.0. The van der Waals surface area contributed by atoms with Crippen LogP contribution in [0.25, 0.3) is 0 Å². The molecule has 0 atom stereocenters. The molecule has 1 saturated carbocycles. The van der Waals surface area contributed by atoms with E-state index < -0.39 is 11.4 Å². The second kappa shape index (κ2) is 3.13. The average molecular weight is 149 g/mol. The Bertz CT molecular complexity index is 168. The molecule has 1 fully saturated rings. The fourth-order valence-corrected chi connectivity index (χ4v) is 0.487. The molecule has 0 bridgehead atoms. The van der Waals surface area contributed by atoms with Crippen molar-refractivity contribution in [1.29, 1.82) is 5.26 Å². The van der Waals surface area contributed by atoms with Gasteiger partial charge >= 0.3 is 51.4 Å². The minimum atomic E-state index is -1.22. The maximum Gasteiger partial charge on any atom is 1.00 e. The van der Waals surface area contributed by atoms with Gasteiger partial charge in [0.15, 0.2) is 0 Å². The van der Waals surface area contributed by atoms with Crippen LogP contribution in [0.15, 0.2) is 0 Å². The van der Waals surface area contributed by atoms with E-state index in [0.29, 0.717) is 12.8 Å². The van der Waals surface area contributed by atoms with Crippen LogP contribution in [0, 0.1) is 16.7 Å². The minimum absolute atomic E-state index is 0. The molecule has 0 saturated heterocycles. The number of carbonyl (C=O) groups excluding carboxylic acids is 1. The van der Waals surface area contributed by atoms with Gasteiger partial charge in [-0.05, 0) is 12.8 Å². The molecule has 4 heteroatoms. The van der Waals surface area contributed by atoms with Crippen LogP contribution in [0.5, 0.6) is 0 Å². The maximum atomic E-state index is 9.98. The molecule has 9 heavy (non-hydrogen) atoms. The van der Waals surface area contributed by atoms with Gasteiger partial charge in [-0.2, -0.15) is 5.26 Å². The molecule has 0 unspecified atom stereocenters. The van der Waals surface area contributed by atoms with Crippen LogP contribution >= 0.6 is 0 Å². The molecule has 0 spiro atoms. The van der Waals surface area contributed by atoms with Gasteiger partial charge in [-0.25, -0.2) is 0 Å². The Hall–Kier alpha value is 0.596. The van der Waals surface area contributed by atoms with Gasteiger partial charge in [0.05, 0.1) is 17.5 Å². The molecule has 0 heterocycles. The molecule has 0 radical (unpaired) electrons. The molecule has 0 N–H and O–H groups in total.